The molecule has 0 radical (unpaired) electrons. The van der Waals surface area contributed by atoms with E-state index in [2.05, 4.69) is 44.0 Å². The molecule has 0 saturated carbocycles. The molecule has 0 bridgehead atoms. The Kier molecular flexibility index (Phi) is 6.39. The molecule has 30 heavy (non-hydrogen) atoms. The van der Waals surface area contributed by atoms with Gasteiger partial charge in [0.1, 0.15) is 6.10 Å². The van der Waals surface area contributed by atoms with Crippen molar-refractivity contribution >= 4 is 0 Å². The number of nitrogens with two attached hydrogens (primary N) is 1. The average molecular weight is 417 g/mol. The Labute approximate surface area is 180 Å². The van der Waals surface area contributed by atoms with E-state index in [1.165, 1.54) is 24.8 Å². The first-order valence-electron chi connectivity index (χ1n) is 11.3. The Morgan fingerprint density at radius 1 is 1.23 bits per heavy atom. The van der Waals surface area contributed by atoms with Gasteiger partial charge in [-0.25, -0.2) is 0 Å². The molecule has 4 rings (SSSR count). The van der Waals surface area contributed by atoms with Crippen LogP contribution in [0.3, 0.4) is 0 Å². The van der Waals surface area contributed by atoms with Crippen LogP contribution in [0.2, 0.25) is 0 Å². The largest absolute Gasteiger partial charge is 0.493 e. The maximum Gasteiger partial charge on any atom is 0.185 e. The topological polar surface area (TPSA) is 69.5 Å². The number of epoxide rings is 1. The summed E-state index contributed by atoms with van der Waals surface area (Å²) in [7, 11) is 3.79. The summed E-state index contributed by atoms with van der Waals surface area (Å²) in [5.74, 6) is 1.50. The zero-order valence-corrected chi connectivity index (χ0v) is 18.7. The molecule has 0 aromatic heterocycles. The first kappa shape index (κ1) is 21.6. The van der Waals surface area contributed by atoms with Gasteiger partial charge in [0, 0.05) is 18.5 Å². The summed E-state index contributed by atoms with van der Waals surface area (Å²) in [5, 5.41) is 0. The summed E-state index contributed by atoms with van der Waals surface area (Å²) in [6.45, 7) is 6.20. The second kappa shape index (κ2) is 8.87. The third-order valence-electron chi connectivity index (χ3n) is 6.56. The number of unbranched alkanes of at least 4 members (excludes halogenated alkanes) is 2. The molecule has 1 aromatic rings. The number of benzene rings is 1. The van der Waals surface area contributed by atoms with Crippen LogP contribution in [0.15, 0.2) is 24.3 Å². The van der Waals surface area contributed by atoms with Crippen LogP contribution in [-0.4, -0.2) is 49.8 Å². The van der Waals surface area contributed by atoms with Gasteiger partial charge in [-0.2, -0.15) is 0 Å². The Bertz CT molecular complexity index is 783. The molecule has 1 aromatic carbocycles. The van der Waals surface area contributed by atoms with Crippen LogP contribution in [0.1, 0.15) is 63.0 Å². The molecular formula is C24H36N2O4. The van der Waals surface area contributed by atoms with E-state index in [0.717, 1.165) is 36.6 Å². The van der Waals surface area contributed by atoms with Gasteiger partial charge in [-0.1, -0.05) is 51.3 Å². The lowest BCUT2D eigenvalue weighted by Crippen LogP contribution is -2.51. The Morgan fingerprint density at radius 2 is 2.07 bits per heavy atom. The van der Waals surface area contributed by atoms with E-state index in [1.807, 2.05) is 6.07 Å². The lowest BCUT2D eigenvalue weighted by atomic mass is 9.81. The van der Waals surface area contributed by atoms with Crippen molar-refractivity contribution in [2.24, 2.45) is 5.73 Å². The van der Waals surface area contributed by atoms with Crippen LogP contribution >= 0.6 is 0 Å². The molecule has 6 heteroatoms. The third-order valence-corrected chi connectivity index (χ3v) is 6.56. The van der Waals surface area contributed by atoms with Crippen molar-refractivity contribution in [2.75, 3.05) is 20.7 Å². The van der Waals surface area contributed by atoms with Gasteiger partial charge in [0.15, 0.2) is 23.5 Å². The number of hydrogen-bond acceptors (Lipinski definition) is 6. The lowest BCUT2D eigenvalue weighted by Gasteiger charge is -2.35. The van der Waals surface area contributed by atoms with Gasteiger partial charge in [-0.3, -0.25) is 5.73 Å². The predicted molar refractivity (Wildman–Crippen MR) is 117 cm³/mol. The van der Waals surface area contributed by atoms with Crippen molar-refractivity contribution in [3.8, 4) is 11.5 Å². The third kappa shape index (κ3) is 4.24. The van der Waals surface area contributed by atoms with Crippen LogP contribution in [0.25, 0.3) is 0 Å². The van der Waals surface area contributed by atoms with E-state index in [0.29, 0.717) is 6.42 Å². The van der Waals surface area contributed by atoms with Gasteiger partial charge in [-0.05, 0) is 31.6 Å². The number of rotatable bonds is 10. The number of nitrogens with zero attached hydrogens (tertiary/aromatic N) is 1. The van der Waals surface area contributed by atoms with E-state index in [1.54, 1.807) is 7.11 Å². The second-order valence-corrected chi connectivity index (χ2v) is 8.84. The first-order chi connectivity index (χ1) is 14.5. The molecule has 0 spiro atoms. The van der Waals surface area contributed by atoms with Gasteiger partial charge in [0.05, 0.1) is 19.1 Å². The first-order valence-corrected chi connectivity index (χ1v) is 11.3. The number of methoxy groups -OCH3 is 1. The molecule has 2 N–H and O–H groups in total. The summed E-state index contributed by atoms with van der Waals surface area (Å²) in [5.41, 5.74) is 8.38. The minimum absolute atomic E-state index is 0.0109. The van der Waals surface area contributed by atoms with Crippen molar-refractivity contribution in [3.63, 3.8) is 0 Å². The highest BCUT2D eigenvalue weighted by molar-refractivity contribution is 5.58. The molecular weight excluding hydrogens is 380 g/mol. The average Bonchev–Trinajstić information content (AvgIpc) is 3.37. The van der Waals surface area contributed by atoms with Gasteiger partial charge in [0.25, 0.3) is 0 Å². The smallest absolute Gasteiger partial charge is 0.185 e. The standard InChI is InChI=1S/C24H36N2O4/c1-5-7-8-9-20-23(29-20)28-17-11-12-18-21-16(15-26(3)6-2)10-13-19(27-4)22(21)30-24(18,25)14-17/h10-13,17-18,20,23H,5-9,14-15,25H2,1-4H3/t17-,18-,20?,23?,24-/m0/s1. The van der Waals surface area contributed by atoms with Gasteiger partial charge in [-0.15, -0.1) is 0 Å². The normalized spacial score (nSPS) is 31.4. The van der Waals surface area contributed by atoms with Crippen molar-refractivity contribution in [1.29, 1.82) is 0 Å². The molecule has 0 amide bonds. The van der Waals surface area contributed by atoms with Crippen LogP contribution in [-0.2, 0) is 16.0 Å². The van der Waals surface area contributed by atoms with E-state index in [-0.39, 0.29) is 24.4 Å². The molecule has 3 aliphatic rings. The number of ether oxygens (including phenoxy) is 4. The van der Waals surface area contributed by atoms with Crippen molar-refractivity contribution in [1.82, 2.24) is 4.90 Å². The fraction of sp³-hybridized carbons (Fsp3) is 0.667. The number of fused-ring (bicyclic) bond motifs is 3. The van der Waals surface area contributed by atoms with E-state index >= 15 is 0 Å². The Morgan fingerprint density at radius 3 is 2.80 bits per heavy atom. The maximum atomic E-state index is 6.83. The lowest BCUT2D eigenvalue weighted by molar-refractivity contribution is -0.0393. The van der Waals surface area contributed by atoms with Crippen LogP contribution in [0.4, 0.5) is 0 Å². The monoisotopic (exact) mass is 416 g/mol. The van der Waals surface area contributed by atoms with Crippen LogP contribution in [0.5, 0.6) is 11.5 Å². The van der Waals surface area contributed by atoms with E-state index < -0.39 is 5.72 Å². The van der Waals surface area contributed by atoms with Crippen molar-refractivity contribution in [2.45, 2.75) is 82.6 Å². The second-order valence-electron chi connectivity index (χ2n) is 8.84. The molecule has 1 saturated heterocycles. The molecule has 2 unspecified atom stereocenters. The molecule has 5 atom stereocenters. The van der Waals surface area contributed by atoms with Gasteiger partial charge < -0.3 is 23.8 Å². The molecule has 2 heterocycles. The van der Waals surface area contributed by atoms with Crippen molar-refractivity contribution in [3.05, 3.63) is 35.4 Å². The summed E-state index contributed by atoms with van der Waals surface area (Å²) >= 11 is 0. The zero-order valence-electron chi connectivity index (χ0n) is 18.7. The van der Waals surface area contributed by atoms with Gasteiger partial charge >= 0.3 is 0 Å². The summed E-state index contributed by atoms with van der Waals surface area (Å²) in [6.07, 6.45) is 9.63. The Balaban J connectivity index is 1.48. The number of hydrogen-bond donors (Lipinski definition) is 1. The van der Waals surface area contributed by atoms with E-state index in [4.69, 9.17) is 24.7 Å². The highest BCUT2D eigenvalue weighted by Gasteiger charge is 2.51. The maximum absolute atomic E-state index is 6.83. The minimum Gasteiger partial charge on any atom is -0.493 e. The predicted octanol–water partition coefficient (Wildman–Crippen LogP) is 3.93. The molecule has 1 aliphatic carbocycles. The molecule has 1 fully saturated rings. The van der Waals surface area contributed by atoms with Crippen molar-refractivity contribution < 1.29 is 18.9 Å². The van der Waals surface area contributed by atoms with Gasteiger partial charge in [0.2, 0.25) is 0 Å². The minimum atomic E-state index is -0.831. The van der Waals surface area contributed by atoms with E-state index in [9.17, 15) is 0 Å². The highest BCUT2D eigenvalue weighted by Crippen LogP contribution is 2.53. The molecule has 2 aliphatic heterocycles. The van der Waals surface area contributed by atoms with Crippen LogP contribution < -0.4 is 15.2 Å². The summed E-state index contributed by atoms with van der Waals surface area (Å²) in [4.78, 5) is 2.28. The fourth-order valence-corrected chi connectivity index (χ4v) is 4.62. The highest BCUT2D eigenvalue weighted by atomic mass is 16.8. The Hall–Kier alpha value is -1.60. The van der Waals surface area contributed by atoms with Crippen LogP contribution in [0, 0.1) is 0 Å². The summed E-state index contributed by atoms with van der Waals surface area (Å²) in [6, 6.07) is 4.11. The molecule has 166 valence electrons. The fourth-order valence-electron chi connectivity index (χ4n) is 4.62. The SMILES string of the molecule is CCCCCC1OC1O[C@H]1C=C[C@H]2c3c(CN(C)CC)ccc(OC)c3O[C@@]2(N)C1. The zero-order chi connectivity index (χ0) is 21.3. The molecule has 6 nitrogen and oxygen atoms in total. The quantitative estimate of drug-likeness (QED) is 0.354. The summed E-state index contributed by atoms with van der Waals surface area (Å²) < 4.78 is 23.9.